The van der Waals surface area contributed by atoms with Crippen LogP contribution in [0.15, 0.2) is 0 Å². The molecule has 1 aliphatic carbocycles. The fourth-order valence-corrected chi connectivity index (χ4v) is 1.98. The second-order valence-electron chi connectivity index (χ2n) is 5.33. The lowest BCUT2D eigenvalue weighted by Crippen LogP contribution is -2.38. The van der Waals surface area contributed by atoms with Gasteiger partial charge in [-0.25, -0.2) is 0 Å². The number of hydrogen-bond donors (Lipinski definition) is 1. The van der Waals surface area contributed by atoms with Gasteiger partial charge in [0.05, 0.1) is 0 Å². The molecule has 17 heavy (non-hydrogen) atoms. The van der Waals surface area contributed by atoms with E-state index >= 15 is 0 Å². The maximum atomic E-state index is 5.31. The molecule has 1 fully saturated rings. The van der Waals surface area contributed by atoms with Gasteiger partial charge in [0, 0.05) is 38.9 Å². The summed E-state index contributed by atoms with van der Waals surface area (Å²) in [5, 5.41) is 3.50. The maximum Gasteiger partial charge on any atom is 0.0477 e. The first-order chi connectivity index (χ1) is 8.24. The van der Waals surface area contributed by atoms with E-state index in [4.69, 9.17) is 4.74 Å². The van der Waals surface area contributed by atoms with Crippen LogP contribution in [0.3, 0.4) is 0 Å². The molecule has 0 amide bonds. The molecule has 1 rings (SSSR count). The Hall–Kier alpha value is -0.120. The predicted octanol–water partition coefficient (Wildman–Crippen LogP) is 2.12. The summed E-state index contributed by atoms with van der Waals surface area (Å²) in [5.74, 6) is 0.996. The maximum absolute atomic E-state index is 5.31. The van der Waals surface area contributed by atoms with Crippen molar-refractivity contribution >= 4 is 0 Å². The second kappa shape index (κ2) is 8.90. The molecule has 0 aromatic carbocycles. The lowest BCUT2D eigenvalue weighted by molar-refractivity contribution is 0.144. The Morgan fingerprint density at radius 2 is 2.06 bits per heavy atom. The lowest BCUT2D eigenvalue weighted by atomic mass is 10.2. The van der Waals surface area contributed by atoms with E-state index in [9.17, 15) is 0 Å². The van der Waals surface area contributed by atoms with Gasteiger partial charge in [0.2, 0.25) is 0 Å². The normalized spacial score (nSPS) is 16.1. The Morgan fingerprint density at radius 1 is 1.29 bits per heavy atom. The summed E-state index contributed by atoms with van der Waals surface area (Å²) >= 11 is 0. The van der Waals surface area contributed by atoms with E-state index < -0.39 is 0 Å². The molecule has 0 unspecified atom stereocenters. The van der Waals surface area contributed by atoms with Crippen LogP contribution in [-0.4, -0.2) is 50.3 Å². The van der Waals surface area contributed by atoms with Gasteiger partial charge >= 0.3 is 0 Å². The van der Waals surface area contributed by atoms with Crippen molar-refractivity contribution in [2.24, 2.45) is 5.92 Å². The van der Waals surface area contributed by atoms with Crippen molar-refractivity contribution in [2.75, 3.05) is 39.4 Å². The van der Waals surface area contributed by atoms with Gasteiger partial charge in [0.25, 0.3) is 0 Å². The zero-order chi connectivity index (χ0) is 12.5. The van der Waals surface area contributed by atoms with Crippen LogP contribution in [0.1, 0.15) is 40.0 Å². The molecule has 0 atom stereocenters. The molecule has 0 saturated heterocycles. The van der Waals surface area contributed by atoms with Crippen LogP contribution < -0.4 is 5.32 Å². The van der Waals surface area contributed by atoms with Crippen LogP contribution in [0.2, 0.25) is 0 Å². The molecule has 1 saturated carbocycles. The third-order valence-corrected chi connectivity index (χ3v) is 3.34. The minimum Gasteiger partial charge on any atom is -0.382 e. The lowest BCUT2D eigenvalue weighted by Gasteiger charge is -2.26. The topological polar surface area (TPSA) is 24.5 Å². The number of hydrogen-bond acceptors (Lipinski definition) is 3. The Labute approximate surface area is 107 Å². The van der Waals surface area contributed by atoms with E-state index in [1.807, 2.05) is 6.92 Å². The monoisotopic (exact) mass is 242 g/mol. The van der Waals surface area contributed by atoms with Crippen LogP contribution in [0.4, 0.5) is 0 Å². The van der Waals surface area contributed by atoms with Crippen molar-refractivity contribution in [2.45, 2.75) is 46.1 Å². The summed E-state index contributed by atoms with van der Waals surface area (Å²) in [6.07, 6.45) is 4.02. The van der Waals surface area contributed by atoms with Crippen molar-refractivity contribution in [3.8, 4) is 0 Å². The van der Waals surface area contributed by atoms with Crippen molar-refractivity contribution < 1.29 is 4.74 Å². The molecule has 0 heterocycles. The zero-order valence-corrected chi connectivity index (χ0v) is 11.9. The standard InChI is InChI=1S/C14H30N2O/c1-4-17-11-5-8-15-9-10-16(13(2)3)12-14-6-7-14/h13-15H,4-12H2,1-3H3. The molecule has 0 aromatic heterocycles. The highest BCUT2D eigenvalue weighted by atomic mass is 16.5. The van der Waals surface area contributed by atoms with E-state index in [0.717, 1.165) is 38.6 Å². The van der Waals surface area contributed by atoms with E-state index in [0.29, 0.717) is 6.04 Å². The third-order valence-electron chi connectivity index (χ3n) is 3.34. The average Bonchev–Trinajstić information content (AvgIpc) is 3.10. The van der Waals surface area contributed by atoms with Crippen molar-refractivity contribution in [1.82, 2.24) is 10.2 Å². The van der Waals surface area contributed by atoms with E-state index in [1.165, 1.54) is 25.9 Å². The number of nitrogens with one attached hydrogen (secondary N) is 1. The fourth-order valence-electron chi connectivity index (χ4n) is 1.98. The van der Waals surface area contributed by atoms with E-state index in [-0.39, 0.29) is 0 Å². The molecule has 0 aliphatic heterocycles. The first kappa shape index (κ1) is 14.9. The van der Waals surface area contributed by atoms with Crippen LogP contribution in [0.5, 0.6) is 0 Å². The fraction of sp³-hybridized carbons (Fsp3) is 1.00. The molecule has 3 nitrogen and oxygen atoms in total. The van der Waals surface area contributed by atoms with Gasteiger partial charge in [-0.2, -0.15) is 0 Å². The van der Waals surface area contributed by atoms with Crippen molar-refractivity contribution in [3.05, 3.63) is 0 Å². The molecular formula is C14H30N2O. The number of rotatable bonds is 11. The van der Waals surface area contributed by atoms with Gasteiger partial charge < -0.3 is 10.1 Å². The minimum absolute atomic E-state index is 0.681. The van der Waals surface area contributed by atoms with Crippen LogP contribution >= 0.6 is 0 Å². The third kappa shape index (κ3) is 7.74. The van der Waals surface area contributed by atoms with E-state index in [1.54, 1.807) is 0 Å². The SMILES string of the molecule is CCOCCCNCCN(CC1CC1)C(C)C. The summed E-state index contributed by atoms with van der Waals surface area (Å²) in [6.45, 7) is 13.1. The molecular weight excluding hydrogens is 212 g/mol. The minimum atomic E-state index is 0.681. The highest BCUT2D eigenvalue weighted by Gasteiger charge is 2.24. The molecule has 0 bridgehead atoms. The summed E-state index contributed by atoms with van der Waals surface area (Å²) in [5.41, 5.74) is 0. The number of nitrogens with zero attached hydrogens (tertiary/aromatic N) is 1. The zero-order valence-electron chi connectivity index (χ0n) is 11.9. The summed E-state index contributed by atoms with van der Waals surface area (Å²) in [7, 11) is 0. The van der Waals surface area contributed by atoms with Crippen LogP contribution in [-0.2, 0) is 4.74 Å². The molecule has 1 aliphatic rings. The van der Waals surface area contributed by atoms with Crippen molar-refractivity contribution in [1.29, 1.82) is 0 Å². The number of ether oxygens (including phenoxy) is 1. The van der Waals surface area contributed by atoms with Crippen LogP contribution in [0.25, 0.3) is 0 Å². The predicted molar refractivity (Wildman–Crippen MR) is 73.4 cm³/mol. The van der Waals surface area contributed by atoms with E-state index in [2.05, 4.69) is 24.1 Å². The Balaban J connectivity index is 1.94. The van der Waals surface area contributed by atoms with Crippen LogP contribution in [0, 0.1) is 5.92 Å². The molecule has 1 N–H and O–H groups in total. The highest BCUT2D eigenvalue weighted by molar-refractivity contribution is 4.79. The van der Waals surface area contributed by atoms with Gasteiger partial charge in [-0.15, -0.1) is 0 Å². The quantitative estimate of drug-likeness (QED) is 0.562. The average molecular weight is 242 g/mol. The van der Waals surface area contributed by atoms with Gasteiger partial charge in [0.1, 0.15) is 0 Å². The van der Waals surface area contributed by atoms with Gasteiger partial charge in [-0.05, 0) is 52.5 Å². The molecule has 0 radical (unpaired) electrons. The Morgan fingerprint density at radius 3 is 2.65 bits per heavy atom. The Bertz CT molecular complexity index is 181. The molecule has 102 valence electrons. The smallest absolute Gasteiger partial charge is 0.0477 e. The largest absolute Gasteiger partial charge is 0.382 e. The second-order valence-corrected chi connectivity index (χ2v) is 5.33. The van der Waals surface area contributed by atoms with Gasteiger partial charge in [0.15, 0.2) is 0 Å². The highest BCUT2D eigenvalue weighted by Crippen LogP contribution is 2.30. The summed E-state index contributed by atoms with van der Waals surface area (Å²) in [4.78, 5) is 2.60. The van der Waals surface area contributed by atoms with Gasteiger partial charge in [-0.1, -0.05) is 0 Å². The summed E-state index contributed by atoms with van der Waals surface area (Å²) in [6, 6.07) is 0.681. The van der Waals surface area contributed by atoms with Crippen molar-refractivity contribution in [3.63, 3.8) is 0 Å². The van der Waals surface area contributed by atoms with Gasteiger partial charge in [-0.3, -0.25) is 4.90 Å². The summed E-state index contributed by atoms with van der Waals surface area (Å²) < 4.78 is 5.31. The molecule has 0 spiro atoms. The first-order valence-corrected chi connectivity index (χ1v) is 7.26. The Kier molecular flexibility index (Phi) is 7.82. The first-order valence-electron chi connectivity index (χ1n) is 7.26. The molecule has 3 heteroatoms. The molecule has 0 aromatic rings.